The number of carbonyl (C=O) groups excluding carboxylic acids is 2. The molecule has 0 bridgehead atoms. The lowest BCUT2D eigenvalue weighted by molar-refractivity contribution is -0.139. The lowest BCUT2D eigenvalue weighted by Crippen LogP contribution is -2.18. The number of aryl methyl sites for hydroxylation is 1. The molecule has 0 unspecified atom stereocenters. The first-order valence-corrected chi connectivity index (χ1v) is 10.5. The van der Waals surface area contributed by atoms with Crippen molar-refractivity contribution in [3.8, 4) is 16.9 Å². The van der Waals surface area contributed by atoms with Gasteiger partial charge in [-0.05, 0) is 26.0 Å². The van der Waals surface area contributed by atoms with E-state index in [1.54, 1.807) is 11.6 Å². The summed E-state index contributed by atoms with van der Waals surface area (Å²) in [4.78, 5) is 23.8. The maximum Gasteiger partial charge on any atom is 0.315 e. The molecule has 0 aliphatic heterocycles. The van der Waals surface area contributed by atoms with Crippen molar-refractivity contribution in [2.75, 3.05) is 23.4 Å². The van der Waals surface area contributed by atoms with Crippen LogP contribution in [0.3, 0.4) is 0 Å². The standard InChI is InChI=1S/C22H23N3O3S/c1-3-28-22(27)15-29-14-21(26)23-20-13-19(17-11-9-16(2)10-12-17)24-25(20)18-7-5-4-6-8-18/h4-13H,3,14-15H2,1-2H3,(H,23,26). The van der Waals surface area contributed by atoms with Gasteiger partial charge in [0.15, 0.2) is 0 Å². The SMILES string of the molecule is CCOC(=O)CSCC(=O)Nc1cc(-c2ccc(C)cc2)nn1-c1ccccc1. The van der Waals surface area contributed by atoms with Gasteiger partial charge in [0.05, 0.1) is 29.5 Å². The molecule has 0 fully saturated rings. The molecule has 3 aromatic rings. The van der Waals surface area contributed by atoms with Crippen molar-refractivity contribution in [2.45, 2.75) is 13.8 Å². The molecule has 1 heterocycles. The Morgan fingerprint density at radius 2 is 1.79 bits per heavy atom. The molecule has 150 valence electrons. The molecule has 0 radical (unpaired) electrons. The number of para-hydroxylation sites is 1. The van der Waals surface area contributed by atoms with Gasteiger partial charge in [0, 0.05) is 11.6 Å². The summed E-state index contributed by atoms with van der Waals surface area (Å²) in [6, 6.07) is 19.6. The van der Waals surface area contributed by atoms with Crippen LogP contribution in [0.5, 0.6) is 0 Å². The molecule has 2 aromatic carbocycles. The molecule has 0 aliphatic carbocycles. The topological polar surface area (TPSA) is 73.2 Å². The molecule has 1 amide bonds. The first kappa shape index (κ1) is 20.7. The van der Waals surface area contributed by atoms with Crippen LogP contribution >= 0.6 is 11.8 Å². The predicted molar refractivity (Wildman–Crippen MR) is 116 cm³/mol. The second-order valence-corrected chi connectivity index (χ2v) is 7.36. The van der Waals surface area contributed by atoms with Gasteiger partial charge in [-0.2, -0.15) is 5.10 Å². The monoisotopic (exact) mass is 409 g/mol. The van der Waals surface area contributed by atoms with Gasteiger partial charge >= 0.3 is 5.97 Å². The fraction of sp³-hybridized carbons (Fsp3) is 0.227. The van der Waals surface area contributed by atoms with Crippen molar-refractivity contribution < 1.29 is 14.3 Å². The van der Waals surface area contributed by atoms with Crippen molar-refractivity contribution in [2.24, 2.45) is 0 Å². The van der Waals surface area contributed by atoms with E-state index in [2.05, 4.69) is 10.4 Å². The number of thioether (sulfide) groups is 1. The van der Waals surface area contributed by atoms with Crippen LogP contribution in [0.4, 0.5) is 5.82 Å². The van der Waals surface area contributed by atoms with E-state index < -0.39 is 0 Å². The third-order valence-corrected chi connectivity index (χ3v) is 4.99. The fourth-order valence-electron chi connectivity index (χ4n) is 2.71. The Morgan fingerprint density at radius 1 is 1.07 bits per heavy atom. The number of amides is 1. The molecule has 0 saturated heterocycles. The summed E-state index contributed by atoms with van der Waals surface area (Å²) in [5.41, 5.74) is 3.75. The number of hydrogen-bond acceptors (Lipinski definition) is 5. The number of nitrogens with one attached hydrogen (secondary N) is 1. The minimum atomic E-state index is -0.318. The summed E-state index contributed by atoms with van der Waals surface area (Å²) >= 11 is 1.22. The van der Waals surface area contributed by atoms with Gasteiger partial charge in [-0.3, -0.25) is 9.59 Å². The third-order valence-electron chi connectivity index (χ3n) is 4.08. The number of ether oxygens (including phenoxy) is 1. The largest absolute Gasteiger partial charge is 0.465 e. The van der Waals surface area contributed by atoms with Crippen LogP contribution in [-0.2, 0) is 14.3 Å². The van der Waals surface area contributed by atoms with E-state index in [1.807, 2.05) is 67.6 Å². The van der Waals surface area contributed by atoms with Crippen molar-refractivity contribution in [1.82, 2.24) is 9.78 Å². The highest BCUT2D eigenvalue weighted by Crippen LogP contribution is 2.25. The minimum absolute atomic E-state index is 0.147. The summed E-state index contributed by atoms with van der Waals surface area (Å²) in [6.45, 7) is 4.13. The summed E-state index contributed by atoms with van der Waals surface area (Å²) in [5, 5.41) is 7.59. The molecule has 0 atom stereocenters. The first-order chi connectivity index (χ1) is 14.1. The Labute approximate surface area is 174 Å². The number of aromatic nitrogens is 2. The summed E-state index contributed by atoms with van der Waals surface area (Å²) in [5.74, 6) is 0.355. The van der Waals surface area contributed by atoms with E-state index in [-0.39, 0.29) is 23.4 Å². The number of benzene rings is 2. The van der Waals surface area contributed by atoms with Crippen LogP contribution in [-0.4, -0.2) is 39.8 Å². The predicted octanol–water partition coefficient (Wildman–Crippen LogP) is 4.08. The normalized spacial score (nSPS) is 10.6. The molecule has 1 N–H and O–H groups in total. The Morgan fingerprint density at radius 3 is 2.48 bits per heavy atom. The number of esters is 1. The Balaban J connectivity index is 1.78. The zero-order valence-corrected chi connectivity index (χ0v) is 17.2. The van der Waals surface area contributed by atoms with Crippen LogP contribution in [0, 0.1) is 6.92 Å². The molecule has 0 spiro atoms. The van der Waals surface area contributed by atoms with Gasteiger partial charge < -0.3 is 10.1 Å². The summed E-state index contributed by atoms with van der Waals surface area (Å²) in [7, 11) is 0. The number of rotatable bonds is 8. The maximum atomic E-state index is 12.4. The van der Waals surface area contributed by atoms with Crippen LogP contribution in [0.1, 0.15) is 12.5 Å². The minimum Gasteiger partial charge on any atom is -0.465 e. The molecule has 7 heteroatoms. The summed E-state index contributed by atoms with van der Waals surface area (Å²) in [6.07, 6.45) is 0. The summed E-state index contributed by atoms with van der Waals surface area (Å²) < 4.78 is 6.59. The van der Waals surface area contributed by atoms with Gasteiger partial charge in [-0.25, -0.2) is 4.68 Å². The molecular weight excluding hydrogens is 386 g/mol. The number of anilines is 1. The van der Waals surface area contributed by atoms with Crippen molar-refractivity contribution in [1.29, 1.82) is 0 Å². The molecule has 1 aromatic heterocycles. The van der Waals surface area contributed by atoms with Crippen molar-refractivity contribution in [3.63, 3.8) is 0 Å². The average molecular weight is 410 g/mol. The second kappa shape index (κ2) is 9.93. The second-order valence-electron chi connectivity index (χ2n) is 6.37. The lowest BCUT2D eigenvalue weighted by Gasteiger charge is -2.08. The quantitative estimate of drug-likeness (QED) is 0.568. The van der Waals surface area contributed by atoms with Crippen LogP contribution in [0.25, 0.3) is 16.9 Å². The molecule has 3 rings (SSSR count). The van der Waals surface area contributed by atoms with E-state index in [9.17, 15) is 9.59 Å². The zero-order valence-electron chi connectivity index (χ0n) is 16.4. The number of nitrogens with zero attached hydrogens (tertiary/aromatic N) is 2. The van der Waals surface area contributed by atoms with E-state index in [4.69, 9.17) is 4.74 Å². The van der Waals surface area contributed by atoms with E-state index in [0.29, 0.717) is 12.4 Å². The highest BCUT2D eigenvalue weighted by atomic mass is 32.2. The van der Waals surface area contributed by atoms with Gasteiger partial charge in [0.25, 0.3) is 0 Å². The zero-order chi connectivity index (χ0) is 20.6. The Hall–Kier alpha value is -3.06. The fourth-order valence-corrected chi connectivity index (χ4v) is 3.32. The average Bonchev–Trinajstić information content (AvgIpc) is 3.13. The van der Waals surface area contributed by atoms with Crippen molar-refractivity contribution in [3.05, 3.63) is 66.2 Å². The van der Waals surface area contributed by atoms with Crippen LogP contribution < -0.4 is 5.32 Å². The first-order valence-electron chi connectivity index (χ1n) is 9.32. The highest BCUT2D eigenvalue weighted by Gasteiger charge is 2.14. The smallest absolute Gasteiger partial charge is 0.315 e. The van der Waals surface area contributed by atoms with Gasteiger partial charge in [-0.15, -0.1) is 11.8 Å². The molecule has 29 heavy (non-hydrogen) atoms. The van der Waals surface area contributed by atoms with Gasteiger partial charge in [0.1, 0.15) is 5.82 Å². The highest BCUT2D eigenvalue weighted by molar-refractivity contribution is 8.00. The van der Waals surface area contributed by atoms with E-state index in [0.717, 1.165) is 16.9 Å². The van der Waals surface area contributed by atoms with Gasteiger partial charge in [-0.1, -0.05) is 48.0 Å². The molecule has 6 nitrogen and oxygen atoms in total. The van der Waals surface area contributed by atoms with Crippen LogP contribution in [0.15, 0.2) is 60.7 Å². The van der Waals surface area contributed by atoms with Gasteiger partial charge in [0.2, 0.25) is 5.91 Å². The Kier molecular flexibility index (Phi) is 7.08. The molecule has 0 saturated carbocycles. The third kappa shape index (κ3) is 5.71. The Bertz CT molecular complexity index is 969. The van der Waals surface area contributed by atoms with Crippen LogP contribution in [0.2, 0.25) is 0 Å². The lowest BCUT2D eigenvalue weighted by atomic mass is 10.1. The molecular formula is C22H23N3O3S. The molecule has 0 aliphatic rings. The number of hydrogen-bond donors (Lipinski definition) is 1. The van der Waals surface area contributed by atoms with E-state index >= 15 is 0 Å². The number of carbonyl (C=O) groups is 2. The maximum absolute atomic E-state index is 12.4. The van der Waals surface area contributed by atoms with Crippen molar-refractivity contribution >= 4 is 29.5 Å². The van der Waals surface area contributed by atoms with E-state index in [1.165, 1.54) is 17.3 Å².